The molecular weight excluding hydrogens is 332 g/mol. The predicted molar refractivity (Wildman–Crippen MR) is 78.5 cm³/mol. The lowest BCUT2D eigenvalue weighted by Crippen LogP contribution is -2.18. The van der Waals surface area contributed by atoms with Crippen LogP contribution >= 0.6 is 15.9 Å². The maximum absolute atomic E-state index is 12.2. The summed E-state index contributed by atoms with van der Waals surface area (Å²) in [4.78, 5) is 10.6. The Balaban J connectivity index is 2.89. The summed E-state index contributed by atoms with van der Waals surface area (Å²) in [5.74, 6) is -0.589. The number of aryl methyl sites for hydroxylation is 2. The third-order valence-electron chi connectivity index (χ3n) is 2.88. The van der Waals surface area contributed by atoms with Gasteiger partial charge in [-0.2, -0.15) is 5.10 Å². The van der Waals surface area contributed by atoms with Gasteiger partial charge in [0.1, 0.15) is 0 Å². The van der Waals surface area contributed by atoms with Crippen LogP contribution in [-0.2, 0) is 34.3 Å². The van der Waals surface area contributed by atoms with E-state index in [9.17, 15) is 9.00 Å². The topological polar surface area (TPSA) is 72.2 Å². The van der Waals surface area contributed by atoms with Crippen LogP contribution < -0.4 is 0 Å². The van der Waals surface area contributed by atoms with Crippen molar-refractivity contribution in [2.75, 3.05) is 0 Å². The van der Waals surface area contributed by atoms with Crippen LogP contribution in [0.2, 0.25) is 0 Å². The first-order valence-corrected chi connectivity index (χ1v) is 8.41. The Morgan fingerprint density at radius 3 is 2.63 bits per heavy atom. The van der Waals surface area contributed by atoms with Crippen molar-refractivity contribution < 1.29 is 14.1 Å². The monoisotopic (exact) mass is 350 g/mol. The first-order valence-electron chi connectivity index (χ1n) is 6.23. The first kappa shape index (κ1) is 16.4. The average molecular weight is 351 g/mol. The maximum atomic E-state index is 12.2. The molecule has 108 valence electrons. The number of halogens is 1. The summed E-state index contributed by atoms with van der Waals surface area (Å²) in [5.41, 5.74) is 1.83. The standard InChI is InChI=1S/C12H19BrN2O3S/c1-4-9-12(13)10(15(5-2)14-9)7-19(18)8(3)6-11(16)17/h8H,4-7H2,1-3H3,(H,16,17). The zero-order valence-corrected chi connectivity index (χ0v) is 13.8. The van der Waals surface area contributed by atoms with E-state index in [1.807, 2.05) is 18.5 Å². The molecule has 1 N–H and O–H groups in total. The molecule has 1 rings (SSSR count). The fourth-order valence-corrected chi connectivity index (χ4v) is 3.84. The molecule has 0 aliphatic heterocycles. The summed E-state index contributed by atoms with van der Waals surface area (Å²) < 4.78 is 14.9. The number of nitrogens with zero attached hydrogens (tertiary/aromatic N) is 2. The number of rotatable bonds is 7. The highest BCUT2D eigenvalue weighted by atomic mass is 79.9. The summed E-state index contributed by atoms with van der Waals surface area (Å²) in [7, 11) is -1.22. The van der Waals surface area contributed by atoms with Gasteiger partial charge in [0, 0.05) is 22.6 Å². The third kappa shape index (κ3) is 4.14. The second kappa shape index (κ2) is 7.19. The summed E-state index contributed by atoms with van der Waals surface area (Å²) in [5, 5.41) is 12.8. The lowest BCUT2D eigenvalue weighted by molar-refractivity contribution is -0.136. The predicted octanol–water partition coefficient (Wildman–Crippen LogP) is 2.34. The highest BCUT2D eigenvalue weighted by molar-refractivity contribution is 9.10. The number of hydrogen-bond donors (Lipinski definition) is 1. The van der Waals surface area contributed by atoms with Gasteiger partial charge in [-0.05, 0) is 29.3 Å². The van der Waals surface area contributed by atoms with Crippen LogP contribution in [0.15, 0.2) is 4.47 Å². The van der Waals surface area contributed by atoms with Crippen LogP contribution in [0.25, 0.3) is 0 Å². The minimum absolute atomic E-state index is 0.0782. The zero-order valence-electron chi connectivity index (χ0n) is 11.4. The van der Waals surface area contributed by atoms with Crippen LogP contribution in [0.3, 0.4) is 0 Å². The summed E-state index contributed by atoms with van der Waals surface area (Å²) in [6.45, 7) is 6.40. The molecule has 0 fully saturated rings. The molecule has 1 aromatic heterocycles. The smallest absolute Gasteiger partial charge is 0.304 e. The zero-order chi connectivity index (χ0) is 14.6. The van der Waals surface area contributed by atoms with Crippen LogP contribution in [0.4, 0.5) is 0 Å². The largest absolute Gasteiger partial charge is 0.481 e. The van der Waals surface area contributed by atoms with Gasteiger partial charge < -0.3 is 5.11 Å². The van der Waals surface area contributed by atoms with E-state index in [-0.39, 0.29) is 11.7 Å². The molecule has 0 bridgehead atoms. The number of hydrogen-bond acceptors (Lipinski definition) is 3. The quantitative estimate of drug-likeness (QED) is 0.818. The van der Waals surface area contributed by atoms with E-state index >= 15 is 0 Å². The minimum atomic E-state index is -1.22. The molecule has 2 unspecified atom stereocenters. The van der Waals surface area contributed by atoms with E-state index < -0.39 is 16.8 Å². The van der Waals surface area contributed by atoms with E-state index in [0.717, 1.165) is 22.3 Å². The van der Waals surface area contributed by atoms with Gasteiger partial charge in [0.15, 0.2) is 0 Å². The summed E-state index contributed by atoms with van der Waals surface area (Å²) >= 11 is 3.50. The SMILES string of the molecule is CCc1nn(CC)c(CS(=O)C(C)CC(=O)O)c1Br. The van der Waals surface area contributed by atoms with Gasteiger partial charge >= 0.3 is 5.97 Å². The normalized spacial score (nSPS) is 14.3. The molecule has 0 aromatic carbocycles. The van der Waals surface area contributed by atoms with E-state index in [0.29, 0.717) is 12.3 Å². The van der Waals surface area contributed by atoms with E-state index in [4.69, 9.17) is 5.11 Å². The first-order chi connectivity index (χ1) is 8.90. The Morgan fingerprint density at radius 1 is 1.53 bits per heavy atom. The van der Waals surface area contributed by atoms with E-state index in [2.05, 4.69) is 21.0 Å². The Hall–Kier alpha value is -0.690. The van der Waals surface area contributed by atoms with Crippen molar-refractivity contribution in [3.8, 4) is 0 Å². The van der Waals surface area contributed by atoms with Crippen molar-refractivity contribution in [1.82, 2.24) is 9.78 Å². The van der Waals surface area contributed by atoms with E-state index in [1.54, 1.807) is 6.92 Å². The molecule has 0 aliphatic carbocycles. The number of carboxylic acid groups (broad SMARTS) is 1. The van der Waals surface area contributed by atoms with Gasteiger partial charge in [-0.3, -0.25) is 13.7 Å². The second-order valence-corrected chi connectivity index (χ2v) is 6.96. The number of carbonyl (C=O) groups is 1. The van der Waals surface area contributed by atoms with Gasteiger partial charge in [-0.1, -0.05) is 13.8 Å². The fourth-order valence-electron chi connectivity index (χ4n) is 1.77. The Bertz CT molecular complexity index is 488. The Kier molecular flexibility index (Phi) is 6.19. The molecule has 0 saturated heterocycles. The van der Waals surface area contributed by atoms with Crippen molar-refractivity contribution in [2.24, 2.45) is 0 Å². The van der Waals surface area contributed by atoms with Crippen molar-refractivity contribution in [3.63, 3.8) is 0 Å². The number of carboxylic acids is 1. The molecule has 19 heavy (non-hydrogen) atoms. The van der Waals surface area contributed by atoms with Gasteiger partial charge in [0.25, 0.3) is 0 Å². The number of aliphatic carboxylic acids is 1. The number of aromatic nitrogens is 2. The molecule has 1 heterocycles. The molecule has 0 aliphatic rings. The highest BCUT2D eigenvalue weighted by Gasteiger charge is 2.20. The average Bonchev–Trinajstić information content (AvgIpc) is 2.65. The molecular formula is C12H19BrN2O3S. The van der Waals surface area contributed by atoms with Crippen LogP contribution in [0, 0.1) is 0 Å². The van der Waals surface area contributed by atoms with Crippen molar-refractivity contribution >= 4 is 32.7 Å². The lowest BCUT2D eigenvalue weighted by Gasteiger charge is -2.10. The van der Waals surface area contributed by atoms with Crippen LogP contribution in [0.5, 0.6) is 0 Å². The van der Waals surface area contributed by atoms with Crippen molar-refractivity contribution in [1.29, 1.82) is 0 Å². The maximum Gasteiger partial charge on any atom is 0.304 e. The van der Waals surface area contributed by atoms with E-state index in [1.165, 1.54) is 0 Å². The molecule has 0 saturated carbocycles. The molecule has 2 atom stereocenters. The van der Waals surface area contributed by atoms with Gasteiger partial charge in [0.05, 0.1) is 28.0 Å². The third-order valence-corrected chi connectivity index (χ3v) is 5.42. The molecule has 1 aromatic rings. The fraction of sp³-hybridized carbons (Fsp3) is 0.667. The molecule has 0 radical (unpaired) electrons. The van der Waals surface area contributed by atoms with Gasteiger partial charge in [-0.25, -0.2) is 0 Å². The minimum Gasteiger partial charge on any atom is -0.481 e. The van der Waals surface area contributed by atoms with Gasteiger partial charge in [-0.15, -0.1) is 0 Å². The van der Waals surface area contributed by atoms with Gasteiger partial charge in [0.2, 0.25) is 0 Å². The molecule has 0 spiro atoms. The second-order valence-electron chi connectivity index (χ2n) is 4.31. The Labute approximate surface area is 124 Å². The summed E-state index contributed by atoms with van der Waals surface area (Å²) in [6.07, 6.45) is 0.725. The summed E-state index contributed by atoms with van der Waals surface area (Å²) in [6, 6.07) is 0. The van der Waals surface area contributed by atoms with Crippen LogP contribution in [0.1, 0.15) is 38.6 Å². The molecule has 5 nitrogen and oxygen atoms in total. The Morgan fingerprint density at radius 2 is 2.16 bits per heavy atom. The molecule has 7 heteroatoms. The molecule has 0 amide bonds. The highest BCUT2D eigenvalue weighted by Crippen LogP contribution is 2.24. The van der Waals surface area contributed by atoms with Crippen LogP contribution in [-0.4, -0.2) is 30.3 Å². The van der Waals surface area contributed by atoms with Crippen molar-refractivity contribution in [3.05, 3.63) is 15.9 Å². The lowest BCUT2D eigenvalue weighted by atomic mass is 10.3. The van der Waals surface area contributed by atoms with Crippen molar-refractivity contribution in [2.45, 2.75) is 51.2 Å².